The van der Waals surface area contributed by atoms with Gasteiger partial charge in [0.25, 0.3) is 11.6 Å². The fourth-order valence-electron chi connectivity index (χ4n) is 2.13. The van der Waals surface area contributed by atoms with Crippen LogP contribution in [0.5, 0.6) is 0 Å². The number of nitrogens with zero attached hydrogens (tertiary/aromatic N) is 2. The predicted octanol–water partition coefficient (Wildman–Crippen LogP) is 2.82. The molecule has 0 heterocycles. The molecule has 1 rings (SSSR count). The van der Waals surface area contributed by atoms with E-state index in [1.807, 2.05) is 20.8 Å². The zero-order valence-electron chi connectivity index (χ0n) is 12.6. The fourth-order valence-corrected chi connectivity index (χ4v) is 2.13. The lowest BCUT2D eigenvalue weighted by Gasteiger charge is -2.26. The van der Waals surface area contributed by atoms with Crippen LogP contribution in [0.4, 0.5) is 15.8 Å². The Morgan fingerprint density at radius 3 is 2.48 bits per heavy atom. The summed E-state index contributed by atoms with van der Waals surface area (Å²) in [6.45, 7) is 5.90. The lowest BCUT2D eigenvalue weighted by atomic mass is 10.0. The van der Waals surface area contributed by atoms with Crippen molar-refractivity contribution in [1.29, 1.82) is 0 Å². The smallest absolute Gasteiger partial charge is 0.285 e. The van der Waals surface area contributed by atoms with Crippen molar-refractivity contribution in [3.8, 4) is 0 Å². The summed E-state index contributed by atoms with van der Waals surface area (Å²) in [6.07, 6.45) is 0.757. The first-order chi connectivity index (χ1) is 9.65. The molecule has 0 fully saturated rings. The van der Waals surface area contributed by atoms with E-state index < -0.39 is 22.3 Å². The molecule has 2 N–H and O–H groups in total. The minimum Gasteiger partial charge on any atom is -0.396 e. The van der Waals surface area contributed by atoms with Crippen LogP contribution in [0, 0.1) is 21.8 Å². The summed E-state index contributed by atoms with van der Waals surface area (Å²) in [7, 11) is 1.57. The zero-order valence-corrected chi connectivity index (χ0v) is 12.6. The normalized spacial score (nSPS) is 12.3. The molecule has 0 spiro atoms. The maximum Gasteiger partial charge on any atom is 0.285 e. The Balaban J connectivity index is 3.17. The number of nitrogens with two attached hydrogens (primary N) is 1. The van der Waals surface area contributed by atoms with Crippen LogP contribution in [0.15, 0.2) is 12.1 Å². The van der Waals surface area contributed by atoms with Crippen molar-refractivity contribution in [3.63, 3.8) is 0 Å². The summed E-state index contributed by atoms with van der Waals surface area (Å²) < 4.78 is 13.4. The molecule has 116 valence electrons. The highest BCUT2D eigenvalue weighted by Crippen LogP contribution is 2.26. The quantitative estimate of drug-likeness (QED) is 0.514. The minimum atomic E-state index is -0.906. The third-order valence-corrected chi connectivity index (χ3v) is 3.34. The van der Waals surface area contributed by atoms with E-state index in [1.54, 1.807) is 7.05 Å². The molecule has 21 heavy (non-hydrogen) atoms. The average Bonchev–Trinajstić information content (AvgIpc) is 2.38. The highest BCUT2D eigenvalue weighted by Gasteiger charge is 2.27. The van der Waals surface area contributed by atoms with E-state index in [2.05, 4.69) is 0 Å². The molecule has 0 bridgehead atoms. The van der Waals surface area contributed by atoms with Crippen LogP contribution in [0.2, 0.25) is 0 Å². The molecule has 0 saturated heterocycles. The fraction of sp³-hybridized carbons (Fsp3) is 0.500. The van der Waals surface area contributed by atoms with Crippen molar-refractivity contribution in [2.75, 3.05) is 12.8 Å². The number of nitrogen functional groups attached to an aromatic ring is 1. The Morgan fingerprint density at radius 2 is 2.00 bits per heavy atom. The van der Waals surface area contributed by atoms with Crippen LogP contribution in [0.1, 0.15) is 37.6 Å². The highest BCUT2D eigenvalue weighted by molar-refractivity contribution is 5.99. The van der Waals surface area contributed by atoms with Crippen molar-refractivity contribution >= 4 is 17.3 Å². The standard InChI is InChI=1S/C14H20FN3O3/c1-8(2)5-9(3)17(4)14(19)10-6-12(16)11(15)7-13(10)18(20)21/h6-9H,5,16H2,1-4H3. The average molecular weight is 297 g/mol. The molecular weight excluding hydrogens is 277 g/mol. The number of halogens is 1. The maximum absolute atomic E-state index is 13.4. The molecule has 0 aliphatic rings. The first kappa shape index (κ1) is 16.9. The second-order valence-corrected chi connectivity index (χ2v) is 5.54. The monoisotopic (exact) mass is 297 g/mol. The Hall–Kier alpha value is -2.18. The summed E-state index contributed by atoms with van der Waals surface area (Å²) in [6, 6.07) is 1.61. The molecule has 0 saturated carbocycles. The molecule has 0 aromatic heterocycles. The Morgan fingerprint density at radius 1 is 1.43 bits per heavy atom. The van der Waals surface area contributed by atoms with Gasteiger partial charge < -0.3 is 10.6 Å². The van der Waals surface area contributed by atoms with Crippen molar-refractivity contribution in [2.45, 2.75) is 33.2 Å². The first-order valence-corrected chi connectivity index (χ1v) is 6.65. The van der Waals surface area contributed by atoms with E-state index in [1.165, 1.54) is 4.90 Å². The molecule has 0 radical (unpaired) electrons. The lowest BCUT2D eigenvalue weighted by molar-refractivity contribution is -0.385. The van der Waals surface area contributed by atoms with Crippen molar-refractivity contribution in [2.24, 2.45) is 5.92 Å². The third-order valence-electron chi connectivity index (χ3n) is 3.34. The predicted molar refractivity (Wildman–Crippen MR) is 78.5 cm³/mol. The van der Waals surface area contributed by atoms with Crippen LogP contribution in [-0.4, -0.2) is 28.8 Å². The Labute approximate surface area is 122 Å². The second kappa shape index (κ2) is 6.51. The number of carbonyl (C=O) groups is 1. The molecule has 0 aliphatic heterocycles. The topological polar surface area (TPSA) is 89.5 Å². The van der Waals surface area contributed by atoms with Crippen molar-refractivity contribution in [3.05, 3.63) is 33.6 Å². The van der Waals surface area contributed by atoms with Crippen LogP contribution in [-0.2, 0) is 0 Å². The van der Waals surface area contributed by atoms with Gasteiger partial charge in [-0.05, 0) is 25.3 Å². The number of nitro groups is 1. The van der Waals surface area contributed by atoms with Crippen LogP contribution < -0.4 is 5.73 Å². The van der Waals surface area contributed by atoms with Gasteiger partial charge in [-0.25, -0.2) is 4.39 Å². The van der Waals surface area contributed by atoms with E-state index in [9.17, 15) is 19.3 Å². The number of benzene rings is 1. The van der Waals surface area contributed by atoms with Gasteiger partial charge >= 0.3 is 0 Å². The Kier molecular flexibility index (Phi) is 5.23. The largest absolute Gasteiger partial charge is 0.396 e. The van der Waals surface area contributed by atoms with Crippen molar-refractivity contribution in [1.82, 2.24) is 4.90 Å². The summed E-state index contributed by atoms with van der Waals surface area (Å²) >= 11 is 0. The summed E-state index contributed by atoms with van der Waals surface area (Å²) in [4.78, 5) is 24.0. The van der Waals surface area contributed by atoms with E-state index >= 15 is 0 Å². The number of hydrogen-bond donors (Lipinski definition) is 1. The van der Waals surface area contributed by atoms with E-state index in [0.29, 0.717) is 12.0 Å². The number of nitro benzene ring substituents is 1. The molecule has 1 atom stereocenters. The summed E-state index contributed by atoms with van der Waals surface area (Å²) in [5.41, 5.74) is 4.36. The van der Waals surface area contributed by atoms with Gasteiger partial charge in [0.15, 0.2) is 5.82 Å². The van der Waals surface area contributed by atoms with Crippen LogP contribution in [0.3, 0.4) is 0 Å². The van der Waals surface area contributed by atoms with Gasteiger partial charge in [-0.3, -0.25) is 14.9 Å². The molecular formula is C14H20FN3O3. The third kappa shape index (κ3) is 3.90. The van der Waals surface area contributed by atoms with Gasteiger partial charge in [-0.2, -0.15) is 0 Å². The molecule has 1 amide bonds. The number of anilines is 1. The SMILES string of the molecule is CC(C)CC(C)N(C)C(=O)c1cc(N)c(F)cc1[N+](=O)[O-]. The van der Waals surface area contributed by atoms with E-state index in [0.717, 1.165) is 12.5 Å². The molecule has 1 aromatic carbocycles. The number of rotatable bonds is 5. The number of carbonyl (C=O) groups excluding carboxylic acids is 1. The van der Waals surface area contributed by atoms with Gasteiger partial charge in [0.1, 0.15) is 5.56 Å². The highest BCUT2D eigenvalue weighted by atomic mass is 19.1. The van der Waals surface area contributed by atoms with E-state index in [4.69, 9.17) is 5.73 Å². The molecule has 1 unspecified atom stereocenters. The second-order valence-electron chi connectivity index (χ2n) is 5.54. The molecule has 7 heteroatoms. The van der Waals surface area contributed by atoms with Crippen molar-refractivity contribution < 1.29 is 14.1 Å². The first-order valence-electron chi connectivity index (χ1n) is 6.65. The molecule has 0 aliphatic carbocycles. The number of hydrogen-bond acceptors (Lipinski definition) is 4. The van der Waals surface area contributed by atoms with Gasteiger partial charge in [0.05, 0.1) is 16.7 Å². The van der Waals surface area contributed by atoms with Gasteiger partial charge in [0, 0.05) is 13.1 Å². The lowest BCUT2D eigenvalue weighted by Crippen LogP contribution is -2.36. The summed E-state index contributed by atoms with van der Waals surface area (Å²) in [5.74, 6) is -1.07. The van der Waals surface area contributed by atoms with E-state index in [-0.39, 0.29) is 17.3 Å². The van der Waals surface area contributed by atoms with Gasteiger partial charge in [0.2, 0.25) is 0 Å². The molecule has 6 nitrogen and oxygen atoms in total. The van der Waals surface area contributed by atoms with Gasteiger partial charge in [-0.1, -0.05) is 13.8 Å². The van der Waals surface area contributed by atoms with Gasteiger partial charge in [-0.15, -0.1) is 0 Å². The molecule has 1 aromatic rings. The maximum atomic E-state index is 13.4. The van der Waals surface area contributed by atoms with Crippen LogP contribution >= 0.6 is 0 Å². The minimum absolute atomic E-state index is 0.0941. The number of amides is 1. The zero-order chi connectivity index (χ0) is 16.3. The van der Waals surface area contributed by atoms with Crippen LogP contribution in [0.25, 0.3) is 0 Å². The Bertz CT molecular complexity index is 561. The summed E-state index contributed by atoms with van der Waals surface area (Å²) in [5, 5.41) is 11.0.